The van der Waals surface area contributed by atoms with Crippen LogP contribution in [-0.2, 0) is 5.75 Å². The lowest BCUT2D eigenvalue weighted by atomic mass is 10.2. The Morgan fingerprint density at radius 3 is 2.64 bits per heavy atom. The average molecular weight is 379 g/mol. The molecule has 0 spiro atoms. The maximum Gasteiger partial charge on any atom is 0.139 e. The van der Waals surface area contributed by atoms with Crippen LogP contribution in [0.5, 0.6) is 11.5 Å². The molecule has 25 heavy (non-hydrogen) atoms. The predicted molar refractivity (Wildman–Crippen MR) is 96.6 cm³/mol. The summed E-state index contributed by atoms with van der Waals surface area (Å²) in [7, 11) is 3.20. The van der Waals surface area contributed by atoms with E-state index in [9.17, 15) is 8.78 Å². The molecule has 1 heterocycles. The summed E-state index contributed by atoms with van der Waals surface area (Å²) in [6.45, 7) is 0. The van der Waals surface area contributed by atoms with Gasteiger partial charge in [-0.2, -0.15) is 0 Å². The van der Waals surface area contributed by atoms with E-state index in [2.05, 4.69) is 4.98 Å². The van der Waals surface area contributed by atoms with Crippen LogP contribution in [0.3, 0.4) is 0 Å². The van der Waals surface area contributed by atoms with Crippen molar-refractivity contribution in [3.63, 3.8) is 0 Å². The summed E-state index contributed by atoms with van der Waals surface area (Å²) < 4.78 is 37.2. The molecule has 0 atom stereocenters. The molecule has 3 aromatic rings. The van der Waals surface area contributed by atoms with E-state index in [4.69, 9.17) is 9.47 Å². The maximum atomic E-state index is 13.7. The fourth-order valence-corrected chi connectivity index (χ4v) is 3.98. The van der Waals surface area contributed by atoms with Crippen molar-refractivity contribution >= 4 is 23.1 Å². The lowest BCUT2D eigenvalue weighted by Crippen LogP contribution is -1.90. The first-order chi connectivity index (χ1) is 12.1. The van der Waals surface area contributed by atoms with Gasteiger partial charge in [0.15, 0.2) is 0 Å². The molecule has 0 unspecified atom stereocenters. The average Bonchev–Trinajstić information content (AvgIpc) is 3.09. The zero-order chi connectivity index (χ0) is 17.8. The van der Waals surface area contributed by atoms with Crippen LogP contribution in [0.2, 0.25) is 0 Å². The molecule has 0 aliphatic rings. The van der Waals surface area contributed by atoms with Crippen LogP contribution >= 0.6 is 23.1 Å². The van der Waals surface area contributed by atoms with E-state index < -0.39 is 11.6 Å². The molecule has 2 aromatic carbocycles. The Kier molecular flexibility index (Phi) is 5.55. The predicted octanol–water partition coefficient (Wildman–Crippen LogP) is 5.40. The Balaban J connectivity index is 1.76. The smallest absolute Gasteiger partial charge is 0.139 e. The molecular weight excluding hydrogens is 364 g/mol. The van der Waals surface area contributed by atoms with Gasteiger partial charge in [0.05, 0.1) is 25.5 Å². The van der Waals surface area contributed by atoms with Gasteiger partial charge < -0.3 is 9.47 Å². The molecule has 0 aliphatic carbocycles. The number of hydrogen-bond donors (Lipinski definition) is 0. The topological polar surface area (TPSA) is 31.4 Å². The number of benzene rings is 2. The number of aromatic nitrogens is 1. The SMILES string of the molecule is COc1ccc(-c2nc(CSc3ccc(F)cc3F)cs2)c(OC)c1. The van der Waals surface area contributed by atoms with Crippen LogP contribution in [-0.4, -0.2) is 19.2 Å². The Hall–Kier alpha value is -2.12. The number of thiazole rings is 1. The molecule has 3 rings (SSSR count). The Bertz CT molecular complexity index is 883. The third-order valence-electron chi connectivity index (χ3n) is 3.46. The number of nitrogens with zero attached hydrogens (tertiary/aromatic N) is 1. The summed E-state index contributed by atoms with van der Waals surface area (Å²) in [6.07, 6.45) is 0. The van der Waals surface area contributed by atoms with Crippen molar-refractivity contribution in [2.45, 2.75) is 10.6 Å². The molecule has 0 aliphatic heterocycles. The van der Waals surface area contributed by atoms with Crippen LogP contribution < -0.4 is 9.47 Å². The normalized spacial score (nSPS) is 10.7. The van der Waals surface area contributed by atoms with Gasteiger partial charge in [0, 0.05) is 28.2 Å². The maximum absolute atomic E-state index is 13.7. The van der Waals surface area contributed by atoms with Gasteiger partial charge in [-0.25, -0.2) is 13.8 Å². The fraction of sp³-hybridized carbons (Fsp3) is 0.167. The summed E-state index contributed by atoms with van der Waals surface area (Å²) in [5, 5.41) is 2.74. The van der Waals surface area contributed by atoms with E-state index in [-0.39, 0.29) is 0 Å². The Morgan fingerprint density at radius 2 is 1.92 bits per heavy atom. The third-order valence-corrected chi connectivity index (χ3v) is 5.47. The summed E-state index contributed by atoms with van der Waals surface area (Å²) in [4.78, 5) is 4.99. The summed E-state index contributed by atoms with van der Waals surface area (Å²) in [5.74, 6) is 0.746. The van der Waals surface area contributed by atoms with Crippen LogP contribution in [0.4, 0.5) is 8.78 Å². The number of halogens is 2. The van der Waals surface area contributed by atoms with Gasteiger partial charge in [0.25, 0.3) is 0 Å². The van der Waals surface area contributed by atoms with Crippen molar-refractivity contribution in [3.05, 3.63) is 59.1 Å². The minimum Gasteiger partial charge on any atom is -0.497 e. The number of rotatable bonds is 6. The first-order valence-electron chi connectivity index (χ1n) is 7.35. The molecule has 0 N–H and O–H groups in total. The van der Waals surface area contributed by atoms with E-state index in [1.54, 1.807) is 20.3 Å². The van der Waals surface area contributed by atoms with Crippen molar-refractivity contribution in [2.24, 2.45) is 0 Å². The second-order valence-corrected chi connectivity index (χ2v) is 6.95. The van der Waals surface area contributed by atoms with E-state index in [0.29, 0.717) is 22.1 Å². The van der Waals surface area contributed by atoms with Crippen molar-refractivity contribution in [1.29, 1.82) is 0 Å². The molecule has 0 radical (unpaired) electrons. The number of ether oxygens (including phenoxy) is 2. The van der Waals surface area contributed by atoms with Gasteiger partial charge in [0.2, 0.25) is 0 Å². The Morgan fingerprint density at radius 1 is 1.08 bits per heavy atom. The van der Waals surface area contributed by atoms with E-state index >= 15 is 0 Å². The molecular formula is C18H15F2NO2S2. The minimum absolute atomic E-state index is 0.401. The molecule has 7 heteroatoms. The van der Waals surface area contributed by atoms with Crippen LogP contribution in [0.15, 0.2) is 46.7 Å². The zero-order valence-corrected chi connectivity index (χ0v) is 15.2. The Labute approximate surface area is 152 Å². The van der Waals surface area contributed by atoms with Crippen molar-refractivity contribution in [1.82, 2.24) is 4.98 Å². The summed E-state index contributed by atoms with van der Waals surface area (Å²) in [6, 6.07) is 9.12. The van der Waals surface area contributed by atoms with E-state index in [0.717, 1.165) is 22.3 Å². The number of hydrogen-bond acceptors (Lipinski definition) is 5. The summed E-state index contributed by atoms with van der Waals surface area (Å²) in [5.41, 5.74) is 1.70. The van der Waals surface area contributed by atoms with Crippen molar-refractivity contribution < 1.29 is 18.3 Å². The summed E-state index contributed by atoms with van der Waals surface area (Å²) >= 11 is 2.77. The number of thioether (sulfide) groups is 1. The molecule has 1 aromatic heterocycles. The standard InChI is InChI=1S/C18H15F2NO2S2/c1-22-13-4-5-14(16(8-13)23-2)18-21-12(10-25-18)9-24-17-6-3-11(19)7-15(17)20/h3-8,10H,9H2,1-2H3. The van der Waals surface area contributed by atoms with Gasteiger partial charge in [-0.3, -0.25) is 0 Å². The highest BCUT2D eigenvalue weighted by Crippen LogP contribution is 2.36. The van der Waals surface area contributed by atoms with Gasteiger partial charge in [-0.15, -0.1) is 23.1 Å². The fourth-order valence-electron chi connectivity index (χ4n) is 2.22. The lowest BCUT2D eigenvalue weighted by molar-refractivity contribution is 0.395. The third kappa shape index (κ3) is 4.11. The molecule has 0 saturated heterocycles. The minimum atomic E-state index is -0.579. The second-order valence-electron chi connectivity index (χ2n) is 5.07. The lowest BCUT2D eigenvalue weighted by Gasteiger charge is -2.08. The highest BCUT2D eigenvalue weighted by atomic mass is 32.2. The molecule has 130 valence electrons. The molecule has 0 fully saturated rings. The monoisotopic (exact) mass is 379 g/mol. The van der Waals surface area contributed by atoms with Gasteiger partial charge >= 0.3 is 0 Å². The van der Waals surface area contributed by atoms with E-state index in [1.807, 2.05) is 17.5 Å². The molecule has 3 nitrogen and oxygen atoms in total. The molecule has 0 bridgehead atoms. The number of methoxy groups -OCH3 is 2. The zero-order valence-electron chi connectivity index (χ0n) is 13.6. The van der Waals surface area contributed by atoms with Crippen LogP contribution in [0, 0.1) is 11.6 Å². The first-order valence-corrected chi connectivity index (χ1v) is 9.22. The van der Waals surface area contributed by atoms with Gasteiger partial charge in [-0.05, 0) is 24.3 Å². The highest BCUT2D eigenvalue weighted by Gasteiger charge is 2.12. The van der Waals surface area contributed by atoms with Crippen LogP contribution in [0.25, 0.3) is 10.6 Å². The van der Waals surface area contributed by atoms with Crippen LogP contribution in [0.1, 0.15) is 5.69 Å². The quantitative estimate of drug-likeness (QED) is 0.537. The molecule has 0 amide bonds. The van der Waals surface area contributed by atoms with Gasteiger partial charge in [0.1, 0.15) is 28.1 Å². The second kappa shape index (κ2) is 7.84. The van der Waals surface area contributed by atoms with Crippen molar-refractivity contribution in [3.8, 4) is 22.1 Å². The van der Waals surface area contributed by atoms with Crippen molar-refractivity contribution in [2.75, 3.05) is 14.2 Å². The highest BCUT2D eigenvalue weighted by molar-refractivity contribution is 7.98. The van der Waals surface area contributed by atoms with E-state index in [1.165, 1.54) is 35.2 Å². The molecule has 0 saturated carbocycles. The first kappa shape index (κ1) is 17.7. The largest absolute Gasteiger partial charge is 0.497 e. The van der Waals surface area contributed by atoms with Gasteiger partial charge in [-0.1, -0.05) is 0 Å².